The van der Waals surface area contributed by atoms with Crippen LogP contribution >= 0.6 is 24.0 Å². The molecule has 1 aromatic carbocycles. The number of aryl methyl sites for hydroxylation is 1. The summed E-state index contributed by atoms with van der Waals surface area (Å²) in [4.78, 5) is 31.3. The van der Waals surface area contributed by atoms with Crippen LogP contribution in [0.5, 0.6) is 0 Å². The first-order chi connectivity index (χ1) is 13.5. The van der Waals surface area contributed by atoms with Gasteiger partial charge in [0.25, 0.3) is 5.69 Å². The molecule has 0 aliphatic carbocycles. The van der Waals surface area contributed by atoms with Gasteiger partial charge in [-0.2, -0.15) is 5.10 Å². The number of rotatable bonds is 5. The monoisotopic (exact) mass is 513 g/mol. The van der Waals surface area contributed by atoms with Gasteiger partial charge in [-0.1, -0.05) is 12.1 Å². The minimum absolute atomic E-state index is 0. The maximum Gasteiger partial charge on any atom is 0.269 e. The average molecular weight is 513 g/mol. The second-order valence-corrected chi connectivity index (χ2v) is 6.44. The first kappa shape index (κ1) is 22.6. The molecule has 0 saturated carbocycles. The molecular weight excluding hydrogens is 489 g/mol. The molecule has 2 aromatic rings. The third-order valence-corrected chi connectivity index (χ3v) is 4.39. The van der Waals surface area contributed by atoms with Gasteiger partial charge in [0.2, 0.25) is 5.91 Å². The van der Waals surface area contributed by atoms with Gasteiger partial charge in [0.15, 0.2) is 5.96 Å². The topological polar surface area (TPSA) is 109 Å². The predicted molar refractivity (Wildman–Crippen MR) is 120 cm³/mol. The normalized spacial score (nSPS) is 14.6. The highest BCUT2D eigenvalue weighted by atomic mass is 127. The van der Waals surface area contributed by atoms with Crippen LogP contribution in [0.15, 0.2) is 41.7 Å². The average Bonchev–Trinajstić information content (AvgIpc) is 3.11. The fourth-order valence-corrected chi connectivity index (χ4v) is 3.04. The zero-order valence-electron chi connectivity index (χ0n) is 16.3. The van der Waals surface area contributed by atoms with E-state index in [-0.39, 0.29) is 42.1 Å². The number of hydrogen-bond donors (Lipinski definition) is 1. The van der Waals surface area contributed by atoms with Gasteiger partial charge in [-0.25, -0.2) is 4.99 Å². The van der Waals surface area contributed by atoms with E-state index in [4.69, 9.17) is 0 Å². The van der Waals surface area contributed by atoms with Gasteiger partial charge in [-0.15, -0.1) is 24.0 Å². The lowest BCUT2D eigenvalue weighted by molar-refractivity contribution is -0.384. The number of aromatic nitrogens is 2. The summed E-state index contributed by atoms with van der Waals surface area (Å²) in [7, 11) is 1.81. The van der Waals surface area contributed by atoms with E-state index in [0.29, 0.717) is 32.1 Å². The maximum absolute atomic E-state index is 12.6. The van der Waals surface area contributed by atoms with E-state index < -0.39 is 4.92 Å². The summed E-state index contributed by atoms with van der Waals surface area (Å²) in [5.41, 5.74) is 1.56. The number of piperazine rings is 1. The molecule has 0 radical (unpaired) electrons. The minimum atomic E-state index is -0.422. The van der Waals surface area contributed by atoms with Crippen molar-refractivity contribution >= 4 is 47.2 Å². The first-order valence-corrected chi connectivity index (χ1v) is 9.03. The third kappa shape index (κ3) is 5.65. The number of carbonyl (C=O) groups is 1. The number of hydrogen-bond acceptors (Lipinski definition) is 5. The number of guanidine groups is 1. The number of non-ortho nitro benzene ring substituents is 1. The van der Waals surface area contributed by atoms with Gasteiger partial charge in [0.1, 0.15) is 6.54 Å². The Morgan fingerprint density at radius 2 is 2.17 bits per heavy atom. The lowest BCUT2D eigenvalue weighted by atomic mass is 10.2. The molecule has 1 fully saturated rings. The Kier molecular flexibility index (Phi) is 7.93. The number of halogens is 1. The van der Waals surface area contributed by atoms with Crippen LogP contribution in [0.4, 0.5) is 11.4 Å². The van der Waals surface area contributed by atoms with E-state index in [1.165, 1.54) is 12.1 Å². The number of anilines is 1. The lowest BCUT2D eigenvalue weighted by Gasteiger charge is -2.35. The molecule has 2 heterocycles. The Balaban J connectivity index is 0.00000300. The zero-order valence-corrected chi connectivity index (χ0v) is 18.6. The fourth-order valence-electron chi connectivity index (χ4n) is 3.04. The van der Waals surface area contributed by atoms with Crippen molar-refractivity contribution in [2.45, 2.75) is 13.5 Å². The summed E-state index contributed by atoms with van der Waals surface area (Å²) >= 11 is 0. The Labute approximate surface area is 185 Å². The van der Waals surface area contributed by atoms with Crippen LogP contribution in [-0.2, 0) is 18.4 Å². The van der Waals surface area contributed by atoms with Crippen molar-refractivity contribution in [3.8, 4) is 0 Å². The molecule has 0 spiro atoms. The third-order valence-electron chi connectivity index (χ3n) is 4.39. The Hall–Kier alpha value is -2.70. The minimum Gasteiger partial charge on any atom is -0.356 e. The highest BCUT2D eigenvalue weighted by molar-refractivity contribution is 14.0. The van der Waals surface area contributed by atoms with E-state index in [0.717, 1.165) is 11.3 Å². The van der Waals surface area contributed by atoms with Crippen LogP contribution in [0.1, 0.15) is 12.5 Å². The summed E-state index contributed by atoms with van der Waals surface area (Å²) < 4.78 is 1.67. The highest BCUT2D eigenvalue weighted by Gasteiger charge is 2.27. The standard InChI is InChI=1S/C18H23N7O3.HI/c1-3-19-18(20-10-14-5-4-6-15(9-14)25(27)28)23-7-8-24(17(26)13-23)16-11-21-22(2)12-16;/h4-6,9,11-12H,3,7-8,10,13H2,1-2H3,(H,19,20);1H. The van der Waals surface area contributed by atoms with E-state index in [9.17, 15) is 14.9 Å². The van der Waals surface area contributed by atoms with Gasteiger partial charge in [-0.05, 0) is 12.5 Å². The number of nitrogens with one attached hydrogen (secondary N) is 1. The van der Waals surface area contributed by atoms with Crippen molar-refractivity contribution in [3.63, 3.8) is 0 Å². The van der Waals surface area contributed by atoms with Gasteiger partial charge in [0.05, 0.1) is 23.4 Å². The van der Waals surface area contributed by atoms with E-state index >= 15 is 0 Å². The molecule has 1 aliphatic heterocycles. The van der Waals surface area contributed by atoms with Gasteiger partial charge in [-0.3, -0.25) is 19.6 Å². The van der Waals surface area contributed by atoms with Gasteiger partial charge < -0.3 is 15.1 Å². The smallest absolute Gasteiger partial charge is 0.269 e. The molecule has 0 unspecified atom stereocenters. The number of nitrogens with zero attached hydrogens (tertiary/aromatic N) is 6. The van der Waals surface area contributed by atoms with E-state index in [2.05, 4.69) is 15.4 Å². The summed E-state index contributed by atoms with van der Waals surface area (Å²) in [6, 6.07) is 6.41. The summed E-state index contributed by atoms with van der Waals surface area (Å²) in [6.45, 7) is 4.27. The van der Waals surface area contributed by atoms with Crippen LogP contribution in [0.25, 0.3) is 0 Å². The Morgan fingerprint density at radius 3 is 2.79 bits per heavy atom. The van der Waals surface area contributed by atoms with Crippen molar-refractivity contribution in [2.24, 2.45) is 12.0 Å². The first-order valence-electron chi connectivity index (χ1n) is 9.03. The van der Waals surface area contributed by atoms with Crippen LogP contribution in [-0.4, -0.2) is 57.6 Å². The van der Waals surface area contributed by atoms with E-state index in [1.807, 2.05) is 25.1 Å². The van der Waals surface area contributed by atoms with Crippen molar-refractivity contribution in [3.05, 3.63) is 52.3 Å². The highest BCUT2D eigenvalue weighted by Crippen LogP contribution is 2.17. The van der Waals surface area contributed by atoms with Crippen molar-refractivity contribution < 1.29 is 9.72 Å². The molecule has 1 saturated heterocycles. The second-order valence-electron chi connectivity index (χ2n) is 6.44. The maximum atomic E-state index is 12.6. The lowest BCUT2D eigenvalue weighted by Crippen LogP contribution is -2.55. The second kappa shape index (κ2) is 10.2. The summed E-state index contributed by atoms with van der Waals surface area (Å²) in [6.07, 6.45) is 3.49. The molecular formula is C18H24IN7O3. The van der Waals surface area contributed by atoms with Crippen molar-refractivity contribution in [1.29, 1.82) is 0 Å². The largest absolute Gasteiger partial charge is 0.356 e. The quantitative estimate of drug-likeness (QED) is 0.215. The van der Waals surface area contributed by atoms with Crippen LogP contribution < -0.4 is 10.2 Å². The molecule has 11 heteroatoms. The van der Waals surface area contributed by atoms with Crippen LogP contribution in [0, 0.1) is 10.1 Å². The number of nitro groups is 1. The summed E-state index contributed by atoms with van der Waals surface area (Å²) in [5.74, 6) is 0.591. The molecule has 0 bridgehead atoms. The molecule has 1 amide bonds. The molecule has 1 aromatic heterocycles. The molecule has 1 aliphatic rings. The Bertz CT molecular complexity index is 899. The molecule has 0 atom stereocenters. The SMILES string of the molecule is CCNC(=NCc1cccc([N+](=O)[O-])c1)N1CCN(c2cnn(C)c2)C(=O)C1.I. The van der Waals surface area contributed by atoms with Crippen molar-refractivity contribution in [1.82, 2.24) is 20.0 Å². The number of amides is 1. The van der Waals surface area contributed by atoms with Crippen LogP contribution in [0.2, 0.25) is 0 Å². The van der Waals surface area contributed by atoms with Gasteiger partial charge in [0, 0.05) is 45.0 Å². The number of carbonyl (C=O) groups excluding carboxylic acids is 1. The van der Waals surface area contributed by atoms with Crippen LogP contribution in [0.3, 0.4) is 0 Å². The molecule has 10 nitrogen and oxygen atoms in total. The Morgan fingerprint density at radius 1 is 1.38 bits per heavy atom. The molecule has 29 heavy (non-hydrogen) atoms. The van der Waals surface area contributed by atoms with Gasteiger partial charge >= 0.3 is 0 Å². The number of benzene rings is 1. The molecule has 3 rings (SSSR count). The fraction of sp³-hybridized carbons (Fsp3) is 0.389. The summed E-state index contributed by atoms with van der Waals surface area (Å²) in [5, 5.41) is 18.2. The molecule has 156 valence electrons. The van der Waals surface area contributed by atoms with Crippen molar-refractivity contribution in [2.75, 3.05) is 31.1 Å². The predicted octanol–water partition coefficient (Wildman–Crippen LogP) is 1.76. The van der Waals surface area contributed by atoms with E-state index in [1.54, 1.807) is 27.9 Å². The zero-order chi connectivity index (χ0) is 20.1. The molecule has 1 N–H and O–H groups in total. The number of aliphatic imine (C=N–C) groups is 1. The number of nitro benzene ring substituents is 1.